The average Bonchev–Trinajstić information content (AvgIpc) is 3.28. The number of nitrogens with one attached hydrogen (secondary N) is 2. The molecule has 1 aliphatic carbocycles. The van der Waals surface area contributed by atoms with Crippen molar-refractivity contribution in [3.63, 3.8) is 0 Å². The first-order chi connectivity index (χ1) is 10.6. The lowest BCUT2D eigenvalue weighted by Crippen LogP contribution is -2.42. The summed E-state index contributed by atoms with van der Waals surface area (Å²) in [6, 6.07) is 13.6. The second-order valence-corrected chi connectivity index (χ2v) is 5.92. The Morgan fingerprint density at radius 3 is 2.45 bits per heavy atom. The van der Waals surface area contributed by atoms with Gasteiger partial charge in [-0.15, -0.1) is 0 Å². The number of halogens is 2. The summed E-state index contributed by atoms with van der Waals surface area (Å²) in [6.07, 6.45) is 1.78. The first-order valence-electron chi connectivity index (χ1n) is 7.15. The molecule has 2 amide bonds. The molecule has 0 aromatic heterocycles. The summed E-state index contributed by atoms with van der Waals surface area (Å²) in [5, 5.41) is 6.35. The molecule has 0 radical (unpaired) electrons. The number of rotatable bonds is 4. The highest BCUT2D eigenvalue weighted by atomic mass is 35.5. The summed E-state index contributed by atoms with van der Waals surface area (Å²) in [4.78, 5) is 12.1. The maximum atomic E-state index is 13.5. The molecule has 0 aliphatic heterocycles. The fourth-order valence-corrected chi connectivity index (χ4v) is 2.58. The molecule has 22 heavy (non-hydrogen) atoms. The Kier molecular flexibility index (Phi) is 4.03. The Labute approximate surface area is 133 Å². The zero-order valence-electron chi connectivity index (χ0n) is 11.9. The minimum Gasteiger partial charge on any atom is -0.334 e. The first kappa shape index (κ1) is 14.9. The predicted octanol–water partition coefficient (Wildman–Crippen LogP) is 3.97. The van der Waals surface area contributed by atoms with Crippen molar-refractivity contribution in [1.82, 2.24) is 10.6 Å². The Bertz CT molecular complexity index is 683. The van der Waals surface area contributed by atoms with E-state index in [0.717, 1.165) is 18.4 Å². The Hall–Kier alpha value is -2.07. The number of carbonyl (C=O) groups is 1. The van der Waals surface area contributed by atoms with Crippen molar-refractivity contribution in [3.05, 3.63) is 70.5 Å². The van der Waals surface area contributed by atoms with Crippen molar-refractivity contribution in [1.29, 1.82) is 0 Å². The van der Waals surface area contributed by atoms with Crippen molar-refractivity contribution < 1.29 is 9.18 Å². The lowest BCUT2D eigenvalue weighted by atomic mass is 10.1. The van der Waals surface area contributed by atoms with Crippen LogP contribution in [0.3, 0.4) is 0 Å². The Morgan fingerprint density at radius 2 is 1.82 bits per heavy atom. The molecule has 0 bridgehead atoms. The highest BCUT2D eigenvalue weighted by molar-refractivity contribution is 6.30. The standard InChI is InChI=1S/C17H16ClFN2O/c18-14-7-5-13(6-8-14)17(9-10-17)21-16(22)20-11-12-3-1-2-4-15(12)19/h1-8H,9-11H2,(H2,20,21,22). The van der Waals surface area contributed by atoms with E-state index in [0.29, 0.717) is 10.6 Å². The minimum atomic E-state index is -0.318. The van der Waals surface area contributed by atoms with E-state index in [1.54, 1.807) is 18.2 Å². The SMILES string of the molecule is O=C(NCc1ccccc1F)NC1(c2ccc(Cl)cc2)CC1. The van der Waals surface area contributed by atoms with Gasteiger partial charge in [0.15, 0.2) is 0 Å². The number of carbonyl (C=O) groups excluding carboxylic acids is 1. The minimum absolute atomic E-state index is 0.162. The second-order valence-electron chi connectivity index (χ2n) is 5.49. The van der Waals surface area contributed by atoms with E-state index in [9.17, 15) is 9.18 Å². The van der Waals surface area contributed by atoms with E-state index in [1.165, 1.54) is 6.07 Å². The molecule has 0 spiro atoms. The molecule has 2 aromatic carbocycles. The van der Waals surface area contributed by atoms with Gasteiger partial charge in [0.05, 0.1) is 5.54 Å². The van der Waals surface area contributed by atoms with Crippen LogP contribution in [0.4, 0.5) is 9.18 Å². The molecule has 5 heteroatoms. The number of benzene rings is 2. The lowest BCUT2D eigenvalue weighted by Gasteiger charge is -2.18. The van der Waals surface area contributed by atoms with E-state index in [1.807, 2.05) is 24.3 Å². The fraction of sp³-hybridized carbons (Fsp3) is 0.235. The summed E-state index contributed by atoms with van der Waals surface area (Å²) < 4.78 is 13.5. The third-order valence-corrected chi connectivity index (χ3v) is 4.15. The molecule has 1 fully saturated rings. The van der Waals surface area contributed by atoms with Crippen molar-refractivity contribution >= 4 is 17.6 Å². The predicted molar refractivity (Wildman–Crippen MR) is 84.1 cm³/mol. The fourth-order valence-electron chi connectivity index (χ4n) is 2.46. The number of hydrogen-bond acceptors (Lipinski definition) is 1. The maximum Gasteiger partial charge on any atom is 0.315 e. The summed E-state index contributed by atoms with van der Waals surface area (Å²) in [5.74, 6) is -0.318. The molecule has 0 saturated heterocycles. The zero-order valence-corrected chi connectivity index (χ0v) is 12.7. The van der Waals surface area contributed by atoms with Gasteiger partial charge >= 0.3 is 6.03 Å². The van der Waals surface area contributed by atoms with Crippen molar-refractivity contribution in [2.75, 3.05) is 0 Å². The van der Waals surface area contributed by atoms with Crippen molar-refractivity contribution in [2.24, 2.45) is 0 Å². The summed E-state index contributed by atoms with van der Waals surface area (Å²) >= 11 is 5.89. The van der Waals surface area contributed by atoms with Gasteiger partial charge < -0.3 is 10.6 Å². The van der Waals surface area contributed by atoms with Crippen LogP contribution in [-0.2, 0) is 12.1 Å². The van der Waals surface area contributed by atoms with E-state index in [2.05, 4.69) is 10.6 Å². The van der Waals surface area contributed by atoms with Crippen LogP contribution in [0.5, 0.6) is 0 Å². The topological polar surface area (TPSA) is 41.1 Å². The third kappa shape index (κ3) is 3.22. The van der Waals surface area contributed by atoms with Crippen LogP contribution in [-0.4, -0.2) is 6.03 Å². The van der Waals surface area contributed by atoms with Crippen LogP contribution in [0.15, 0.2) is 48.5 Å². The molecule has 114 valence electrons. The van der Waals surface area contributed by atoms with Gasteiger partial charge in [0.1, 0.15) is 5.82 Å². The monoisotopic (exact) mass is 318 g/mol. The zero-order chi connectivity index (χ0) is 15.6. The van der Waals surface area contributed by atoms with E-state index in [4.69, 9.17) is 11.6 Å². The van der Waals surface area contributed by atoms with E-state index < -0.39 is 0 Å². The molecule has 3 rings (SSSR count). The van der Waals surface area contributed by atoms with Crippen molar-refractivity contribution in [3.8, 4) is 0 Å². The normalized spacial score (nSPS) is 15.2. The molecule has 0 heterocycles. The third-order valence-electron chi connectivity index (χ3n) is 3.90. The number of hydrogen-bond donors (Lipinski definition) is 2. The van der Waals surface area contributed by atoms with Gasteiger partial charge in [-0.05, 0) is 36.6 Å². The average molecular weight is 319 g/mol. The van der Waals surface area contributed by atoms with Gasteiger partial charge in [-0.2, -0.15) is 0 Å². The van der Waals surface area contributed by atoms with Crippen LogP contribution in [0.1, 0.15) is 24.0 Å². The van der Waals surface area contributed by atoms with Crippen molar-refractivity contribution in [2.45, 2.75) is 24.9 Å². The van der Waals surface area contributed by atoms with E-state index in [-0.39, 0.29) is 23.9 Å². The second kappa shape index (κ2) is 5.97. The number of urea groups is 1. The molecule has 2 aromatic rings. The quantitative estimate of drug-likeness (QED) is 0.880. The first-order valence-corrected chi connectivity index (χ1v) is 7.52. The van der Waals surface area contributed by atoms with E-state index >= 15 is 0 Å². The molecule has 3 nitrogen and oxygen atoms in total. The smallest absolute Gasteiger partial charge is 0.315 e. The molecule has 2 N–H and O–H groups in total. The van der Waals surface area contributed by atoms with Gasteiger partial charge in [-0.3, -0.25) is 0 Å². The molecular weight excluding hydrogens is 303 g/mol. The largest absolute Gasteiger partial charge is 0.334 e. The molecule has 1 saturated carbocycles. The maximum absolute atomic E-state index is 13.5. The highest BCUT2D eigenvalue weighted by Crippen LogP contribution is 2.45. The van der Waals surface area contributed by atoms with Crippen LogP contribution in [0.25, 0.3) is 0 Å². The molecule has 0 atom stereocenters. The van der Waals surface area contributed by atoms with Gasteiger partial charge in [0.2, 0.25) is 0 Å². The number of amides is 2. The van der Waals surface area contributed by atoms with Gasteiger partial charge in [0.25, 0.3) is 0 Å². The Morgan fingerprint density at radius 1 is 1.14 bits per heavy atom. The van der Waals surface area contributed by atoms with Crippen LogP contribution < -0.4 is 10.6 Å². The molecular formula is C17H16ClFN2O. The van der Waals surface area contributed by atoms with Crippen LogP contribution >= 0.6 is 11.6 Å². The molecule has 0 unspecified atom stereocenters. The van der Waals surface area contributed by atoms with Gasteiger partial charge in [-0.25, -0.2) is 9.18 Å². The summed E-state index contributed by atoms with van der Waals surface area (Å²) in [5.41, 5.74) is 1.19. The summed E-state index contributed by atoms with van der Waals surface area (Å²) in [6.45, 7) is 0.162. The summed E-state index contributed by atoms with van der Waals surface area (Å²) in [7, 11) is 0. The lowest BCUT2D eigenvalue weighted by molar-refractivity contribution is 0.235. The van der Waals surface area contributed by atoms with Crippen LogP contribution in [0, 0.1) is 5.82 Å². The Balaban J connectivity index is 1.60. The van der Waals surface area contributed by atoms with Gasteiger partial charge in [-0.1, -0.05) is 41.9 Å². The molecule has 1 aliphatic rings. The highest BCUT2D eigenvalue weighted by Gasteiger charge is 2.45. The van der Waals surface area contributed by atoms with Gasteiger partial charge in [0, 0.05) is 17.1 Å². The van der Waals surface area contributed by atoms with Crippen LogP contribution in [0.2, 0.25) is 5.02 Å².